The molecule has 0 aliphatic heterocycles. The molecule has 0 bridgehead atoms. The number of carbonyl (C=O) groups excluding carboxylic acids is 1. The number of carboxylic acids is 1. The Morgan fingerprint density at radius 1 is 1.47 bits per heavy atom. The zero-order chi connectivity index (χ0) is 13.2. The van der Waals surface area contributed by atoms with Gasteiger partial charge in [-0.3, -0.25) is 4.79 Å². The molecule has 0 saturated heterocycles. The maximum Gasteiger partial charge on any atom is 0.326 e. The van der Waals surface area contributed by atoms with Crippen LogP contribution in [0.15, 0.2) is 9.85 Å². The summed E-state index contributed by atoms with van der Waals surface area (Å²) in [6.45, 7) is 5.41. The second-order valence-corrected chi connectivity index (χ2v) is 6.65. The van der Waals surface area contributed by atoms with Crippen molar-refractivity contribution >= 4 is 39.1 Å². The van der Waals surface area contributed by atoms with Crippen LogP contribution < -0.4 is 5.32 Å². The molecule has 0 saturated carbocycles. The van der Waals surface area contributed by atoms with E-state index in [-0.39, 0.29) is 11.8 Å². The van der Waals surface area contributed by atoms with Crippen LogP contribution in [0.1, 0.15) is 29.1 Å². The first-order valence-electron chi connectivity index (χ1n) is 5.12. The molecule has 2 N–H and O–H groups in total. The highest BCUT2D eigenvalue weighted by molar-refractivity contribution is 9.11. The van der Waals surface area contributed by atoms with E-state index in [0.717, 1.165) is 8.66 Å². The lowest BCUT2D eigenvalue weighted by Crippen LogP contribution is -2.44. The minimum absolute atomic E-state index is 0.157. The van der Waals surface area contributed by atoms with Crippen LogP contribution in [-0.2, 0) is 4.79 Å². The standard InChI is InChI=1S/C11H14BrNO3S/c1-5(2)8(11(15)16)13-10(14)7-4-6(3)17-9(7)12/h4-5,8H,1-3H3,(H,13,14)(H,15,16)/t8-/m1/s1. The molecule has 0 aliphatic rings. The molecule has 1 aromatic rings. The van der Waals surface area contributed by atoms with E-state index in [1.165, 1.54) is 11.3 Å². The Morgan fingerprint density at radius 2 is 2.06 bits per heavy atom. The minimum Gasteiger partial charge on any atom is -0.480 e. The third-order valence-electron chi connectivity index (χ3n) is 2.27. The Morgan fingerprint density at radius 3 is 2.41 bits per heavy atom. The lowest BCUT2D eigenvalue weighted by atomic mass is 10.0. The second-order valence-electron chi connectivity index (χ2n) is 4.08. The lowest BCUT2D eigenvalue weighted by Gasteiger charge is -2.17. The summed E-state index contributed by atoms with van der Waals surface area (Å²) in [4.78, 5) is 23.9. The molecule has 1 aromatic heterocycles. The topological polar surface area (TPSA) is 66.4 Å². The molecule has 0 unspecified atom stereocenters. The molecule has 0 radical (unpaired) electrons. The van der Waals surface area contributed by atoms with Crippen LogP contribution in [0, 0.1) is 12.8 Å². The van der Waals surface area contributed by atoms with Crippen LogP contribution in [0.25, 0.3) is 0 Å². The van der Waals surface area contributed by atoms with Gasteiger partial charge in [0.05, 0.1) is 9.35 Å². The van der Waals surface area contributed by atoms with E-state index in [1.54, 1.807) is 19.9 Å². The highest BCUT2D eigenvalue weighted by Gasteiger charge is 2.25. The highest BCUT2D eigenvalue weighted by Crippen LogP contribution is 2.27. The Kier molecular flexibility index (Phi) is 4.70. The molecule has 1 atom stereocenters. The molecule has 0 aliphatic carbocycles. The van der Waals surface area contributed by atoms with Crippen LogP contribution in [-0.4, -0.2) is 23.0 Å². The van der Waals surface area contributed by atoms with E-state index < -0.39 is 12.0 Å². The number of aliphatic carboxylic acids is 1. The van der Waals surface area contributed by atoms with Crippen molar-refractivity contribution in [2.75, 3.05) is 0 Å². The fraction of sp³-hybridized carbons (Fsp3) is 0.455. The van der Waals surface area contributed by atoms with E-state index in [9.17, 15) is 9.59 Å². The van der Waals surface area contributed by atoms with Gasteiger partial charge in [0.25, 0.3) is 5.91 Å². The van der Waals surface area contributed by atoms with Crippen molar-refractivity contribution in [1.29, 1.82) is 0 Å². The summed E-state index contributed by atoms with van der Waals surface area (Å²) < 4.78 is 0.723. The van der Waals surface area contributed by atoms with Gasteiger partial charge in [-0.2, -0.15) is 0 Å². The second kappa shape index (κ2) is 5.64. The summed E-state index contributed by atoms with van der Waals surface area (Å²) in [5, 5.41) is 11.5. The zero-order valence-electron chi connectivity index (χ0n) is 9.78. The Bertz CT molecular complexity index is 442. The lowest BCUT2D eigenvalue weighted by molar-refractivity contribution is -0.140. The zero-order valence-corrected chi connectivity index (χ0v) is 12.2. The van der Waals surface area contributed by atoms with E-state index in [2.05, 4.69) is 21.2 Å². The van der Waals surface area contributed by atoms with E-state index in [0.29, 0.717) is 5.56 Å². The van der Waals surface area contributed by atoms with Crippen LogP contribution in [0.2, 0.25) is 0 Å². The van der Waals surface area contributed by atoms with Crippen LogP contribution in [0.3, 0.4) is 0 Å². The number of carboxylic acid groups (broad SMARTS) is 1. The molecule has 4 nitrogen and oxygen atoms in total. The van der Waals surface area contributed by atoms with Gasteiger partial charge in [-0.1, -0.05) is 13.8 Å². The normalized spacial score (nSPS) is 12.5. The number of aryl methyl sites for hydroxylation is 1. The predicted molar refractivity (Wildman–Crippen MR) is 70.5 cm³/mol. The molecular formula is C11H14BrNO3S. The third kappa shape index (κ3) is 3.54. The average molecular weight is 320 g/mol. The monoisotopic (exact) mass is 319 g/mol. The third-order valence-corrected chi connectivity index (χ3v) is 4.03. The van der Waals surface area contributed by atoms with Gasteiger partial charge < -0.3 is 10.4 Å². The van der Waals surface area contributed by atoms with E-state index in [1.807, 2.05) is 6.92 Å². The summed E-state index contributed by atoms with van der Waals surface area (Å²) in [7, 11) is 0. The van der Waals surface area contributed by atoms with Crippen molar-refractivity contribution in [2.45, 2.75) is 26.8 Å². The number of thiophene rings is 1. The number of hydrogen-bond acceptors (Lipinski definition) is 3. The van der Waals surface area contributed by atoms with Gasteiger partial charge in [0.2, 0.25) is 0 Å². The van der Waals surface area contributed by atoms with E-state index >= 15 is 0 Å². The maximum absolute atomic E-state index is 11.9. The molecule has 1 rings (SSSR count). The van der Waals surface area contributed by atoms with Crippen molar-refractivity contribution in [1.82, 2.24) is 5.32 Å². The largest absolute Gasteiger partial charge is 0.480 e. The van der Waals surface area contributed by atoms with Crippen LogP contribution in [0.4, 0.5) is 0 Å². The summed E-state index contributed by atoms with van der Waals surface area (Å²) in [5.74, 6) is -1.53. The minimum atomic E-state index is -1.02. The molecule has 0 fully saturated rings. The van der Waals surface area contributed by atoms with Crippen molar-refractivity contribution in [2.24, 2.45) is 5.92 Å². The van der Waals surface area contributed by atoms with Crippen LogP contribution in [0.5, 0.6) is 0 Å². The number of carbonyl (C=O) groups is 2. The van der Waals surface area contributed by atoms with Gasteiger partial charge in [-0.15, -0.1) is 11.3 Å². The SMILES string of the molecule is Cc1cc(C(=O)N[C@@H](C(=O)O)C(C)C)c(Br)s1. The fourth-order valence-corrected chi connectivity index (χ4v) is 3.15. The first-order valence-corrected chi connectivity index (χ1v) is 6.73. The van der Waals surface area contributed by atoms with Crippen molar-refractivity contribution in [3.8, 4) is 0 Å². The molecule has 17 heavy (non-hydrogen) atoms. The van der Waals surface area contributed by atoms with Gasteiger partial charge in [0.1, 0.15) is 6.04 Å². The predicted octanol–water partition coefficient (Wildman–Crippen LogP) is 2.66. The van der Waals surface area contributed by atoms with Crippen molar-refractivity contribution < 1.29 is 14.7 Å². The molecule has 0 aromatic carbocycles. The fourth-order valence-electron chi connectivity index (χ4n) is 1.37. The van der Waals surface area contributed by atoms with Crippen molar-refractivity contribution in [3.63, 3.8) is 0 Å². The number of rotatable bonds is 4. The van der Waals surface area contributed by atoms with Gasteiger partial charge >= 0.3 is 5.97 Å². The average Bonchev–Trinajstić information content (AvgIpc) is 2.53. The Hall–Kier alpha value is -0.880. The summed E-state index contributed by atoms with van der Waals surface area (Å²) >= 11 is 4.74. The van der Waals surface area contributed by atoms with Crippen molar-refractivity contribution in [3.05, 3.63) is 20.3 Å². The Balaban J connectivity index is 2.85. The molecule has 0 spiro atoms. The number of halogens is 1. The van der Waals surface area contributed by atoms with Gasteiger partial charge in [-0.05, 0) is 34.8 Å². The first-order chi connectivity index (χ1) is 7.82. The molecule has 1 amide bonds. The van der Waals surface area contributed by atoms with Gasteiger partial charge in [0, 0.05) is 4.88 Å². The quantitative estimate of drug-likeness (QED) is 0.896. The van der Waals surface area contributed by atoms with Gasteiger partial charge in [0.15, 0.2) is 0 Å². The molecule has 6 heteroatoms. The molecular weight excluding hydrogens is 306 g/mol. The Labute approximate surface area is 112 Å². The number of nitrogens with one attached hydrogen (secondary N) is 1. The number of hydrogen-bond donors (Lipinski definition) is 2. The first kappa shape index (κ1) is 14.2. The summed E-state index contributed by atoms with van der Waals surface area (Å²) in [5.41, 5.74) is 0.486. The smallest absolute Gasteiger partial charge is 0.326 e. The van der Waals surface area contributed by atoms with Crippen LogP contribution >= 0.6 is 27.3 Å². The molecule has 94 valence electrons. The highest BCUT2D eigenvalue weighted by atomic mass is 79.9. The van der Waals surface area contributed by atoms with E-state index in [4.69, 9.17) is 5.11 Å². The van der Waals surface area contributed by atoms with Gasteiger partial charge in [-0.25, -0.2) is 4.79 Å². The number of amides is 1. The maximum atomic E-state index is 11.9. The molecule has 1 heterocycles. The summed E-state index contributed by atoms with van der Waals surface area (Å²) in [6.07, 6.45) is 0. The summed E-state index contributed by atoms with van der Waals surface area (Å²) in [6, 6.07) is 0.873.